The number of hydrogen-bond acceptors (Lipinski definition) is 5. The fourth-order valence-electron chi connectivity index (χ4n) is 3.77. The van der Waals surface area contributed by atoms with Gasteiger partial charge in [-0.05, 0) is 50.7 Å². The van der Waals surface area contributed by atoms with Crippen LogP contribution < -0.4 is 10.1 Å². The van der Waals surface area contributed by atoms with E-state index in [1.54, 1.807) is 7.11 Å². The number of amides is 3. The minimum atomic E-state index is -0.844. The minimum absolute atomic E-state index is 0.0238. The van der Waals surface area contributed by atoms with Gasteiger partial charge in [0.25, 0.3) is 5.91 Å². The number of carbonyl (C=O) groups excluding carboxylic acids is 3. The lowest BCUT2D eigenvalue weighted by Gasteiger charge is -2.33. The third-order valence-corrected chi connectivity index (χ3v) is 5.49. The molecule has 0 unspecified atom stereocenters. The molecule has 7 nitrogen and oxygen atoms in total. The Bertz CT molecular complexity index is 753. The van der Waals surface area contributed by atoms with Crippen molar-refractivity contribution in [2.45, 2.75) is 51.7 Å². The van der Waals surface area contributed by atoms with Gasteiger partial charge >= 0.3 is 12.0 Å². The maximum absolute atomic E-state index is 12.8. The molecule has 0 atom stereocenters. The quantitative estimate of drug-likeness (QED) is 0.632. The average Bonchev–Trinajstić information content (AvgIpc) is 2.87. The molecule has 7 heteroatoms. The molecule has 0 aromatic heterocycles. The molecule has 0 bridgehead atoms. The van der Waals surface area contributed by atoms with Gasteiger partial charge in [0.2, 0.25) is 0 Å². The highest BCUT2D eigenvalue weighted by molar-refractivity contribution is 6.08. The Morgan fingerprint density at radius 2 is 2.00 bits per heavy atom. The minimum Gasteiger partial charge on any atom is -0.496 e. The van der Waals surface area contributed by atoms with E-state index in [9.17, 15) is 14.4 Å². The van der Waals surface area contributed by atoms with Gasteiger partial charge in [0.1, 0.15) is 24.4 Å². The Balaban J connectivity index is 1.60. The molecule has 3 rings (SSSR count). The van der Waals surface area contributed by atoms with E-state index < -0.39 is 17.5 Å². The molecule has 2 aliphatic rings. The number of imide groups is 1. The molecule has 1 aliphatic carbocycles. The summed E-state index contributed by atoms with van der Waals surface area (Å²) in [6, 6.07) is 5.07. The van der Waals surface area contributed by atoms with Crippen molar-refractivity contribution in [3.05, 3.63) is 29.3 Å². The Kier molecular flexibility index (Phi) is 5.39. The normalized spacial score (nSPS) is 24.9. The molecule has 1 N–H and O–H groups in total. The summed E-state index contributed by atoms with van der Waals surface area (Å²) in [4.78, 5) is 38.2. The van der Waals surface area contributed by atoms with Crippen molar-refractivity contribution in [2.24, 2.45) is 5.92 Å². The molecule has 2 fully saturated rings. The number of aryl methyl sites for hydroxylation is 1. The van der Waals surface area contributed by atoms with Crippen LogP contribution in [0.2, 0.25) is 0 Å². The molecule has 1 aromatic rings. The highest BCUT2D eigenvalue weighted by Crippen LogP contribution is 2.36. The SMILES string of the molecule is COc1ccc(C)cc1COC(=O)CN1C(=O)NC2(CCC(C)CC2)C1=O. The predicted octanol–water partition coefficient (Wildman–Crippen LogP) is 2.55. The second-order valence-electron chi connectivity index (χ2n) is 7.56. The Morgan fingerprint density at radius 1 is 1.30 bits per heavy atom. The zero-order chi connectivity index (χ0) is 19.6. The van der Waals surface area contributed by atoms with Gasteiger partial charge in [-0.1, -0.05) is 18.6 Å². The van der Waals surface area contributed by atoms with Crippen LogP contribution in [0.4, 0.5) is 4.79 Å². The molecule has 146 valence electrons. The molecule has 1 heterocycles. The van der Waals surface area contributed by atoms with E-state index in [-0.39, 0.29) is 19.1 Å². The second kappa shape index (κ2) is 7.58. The molecule has 1 aliphatic heterocycles. The summed E-state index contributed by atoms with van der Waals surface area (Å²) in [6.45, 7) is 3.72. The van der Waals surface area contributed by atoms with Crippen LogP contribution in [-0.2, 0) is 20.9 Å². The van der Waals surface area contributed by atoms with Crippen LogP contribution >= 0.6 is 0 Å². The lowest BCUT2D eigenvalue weighted by Crippen LogP contribution is -2.49. The number of rotatable bonds is 5. The first-order chi connectivity index (χ1) is 12.8. The number of esters is 1. The van der Waals surface area contributed by atoms with Crippen LogP contribution in [0.1, 0.15) is 43.7 Å². The van der Waals surface area contributed by atoms with E-state index in [1.807, 2.05) is 25.1 Å². The molecule has 27 heavy (non-hydrogen) atoms. The standard InChI is InChI=1S/C20H26N2O5/c1-13-6-8-20(9-7-13)18(24)22(19(25)21-20)11-17(23)27-12-15-10-14(2)4-5-16(15)26-3/h4-5,10,13H,6-9,11-12H2,1-3H3,(H,21,25). The van der Waals surface area contributed by atoms with Gasteiger partial charge in [-0.15, -0.1) is 0 Å². The molecule has 1 spiro atoms. The summed E-state index contributed by atoms with van der Waals surface area (Å²) in [5.41, 5.74) is 0.911. The van der Waals surface area contributed by atoms with Crippen molar-refractivity contribution in [2.75, 3.05) is 13.7 Å². The van der Waals surface area contributed by atoms with Gasteiger partial charge < -0.3 is 14.8 Å². The Hall–Kier alpha value is -2.57. The molecule has 3 amide bonds. The van der Waals surface area contributed by atoms with E-state index in [0.717, 1.165) is 28.9 Å². The lowest BCUT2D eigenvalue weighted by atomic mass is 9.77. The molecular formula is C20H26N2O5. The van der Waals surface area contributed by atoms with Crippen LogP contribution in [-0.4, -0.2) is 42.0 Å². The summed E-state index contributed by atoms with van der Waals surface area (Å²) in [6.07, 6.45) is 3.00. The molecule has 0 radical (unpaired) electrons. The maximum Gasteiger partial charge on any atom is 0.326 e. The first-order valence-electron chi connectivity index (χ1n) is 9.28. The van der Waals surface area contributed by atoms with Crippen LogP contribution in [0.25, 0.3) is 0 Å². The van der Waals surface area contributed by atoms with Crippen LogP contribution in [0, 0.1) is 12.8 Å². The van der Waals surface area contributed by atoms with Crippen molar-refractivity contribution >= 4 is 17.9 Å². The van der Waals surface area contributed by atoms with Crippen molar-refractivity contribution in [1.82, 2.24) is 10.2 Å². The van der Waals surface area contributed by atoms with Crippen molar-refractivity contribution in [3.8, 4) is 5.75 Å². The first-order valence-corrected chi connectivity index (χ1v) is 9.28. The van der Waals surface area contributed by atoms with Crippen LogP contribution in [0.5, 0.6) is 5.75 Å². The molecule has 1 aromatic carbocycles. The highest BCUT2D eigenvalue weighted by atomic mass is 16.5. The van der Waals surface area contributed by atoms with E-state index in [0.29, 0.717) is 24.5 Å². The van der Waals surface area contributed by atoms with Gasteiger partial charge in [-0.25, -0.2) is 4.79 Å². The van der Waals surface area contributed by atoms with Crippen LogP contribution in [0.15, 0.2) is 18.2 Å². The Morgan fingerprint density at radius 3 is 2.67 bits per heavy atom. The van der Waals surface area contributed by atoms with E-state index in [1.165, 1.54) is 0 Å². The summed E-state index contributed by atoms with van der Waals surface area (Å²) in [5, 5.41) is 2.80. The summed E-state index contributed by atoms with van der Waals surface area (Å²) in [7, 11) is 1.55. The largest absolute Gasteiger partial charge is 0.496 e. The number of hydrogen-bond donors (Lipinski definition) is 1. The third kappa shape index (κ3) is 3.91. The lowest BCUT2D eigenvalue weighted by molar-refractivity contribution is -0.149. The highest BCUT2D eigenvalue weighted by Gasteiger charge is 2.52. The zero-order valence-corrected chi connectivity index (χ0v) is 16.0. The number of carbonyl (C=O) groups is 3. The number of ether oxygens (including phenoxy) is 2. The number of methoxy groups -OCH3 is 1. The maximum atomic E-state index is 12.8. The topological polar surface area (TPSA) is 84.9 Å². The summed E-state index contributed by atoms with van der Waals surface area (Å²) >= 11 is 0. The van der Waals surface area contributed by atoms with Crippen molar-refractivity contribution in [1.29, 1.82) is 0 Å². The van der Waals surface area contributed by atoms with Crippen LogP contribution in [0.3, 0.4) is 0 Å². The van der Waals surface area contributed by atoms with Gasteiger partial charge in [-0.2, -0.15) is 0 Å². The van der Waals surface area contributed by atoms with Crippen molar-refractivity contribution < 1.29 is 23.9 Å². The number of nitrogens with zero attached hydrogens (tertiary/aromatic N) is 1. The average molecular weight is 374 g/mol. The summed E-state index contributed by atoms with van der Waals surface area (Å²) < 4.78 is 10.5. The monoisotopic (exact) mass is 374 g/mol. The summed E-state index contributed by atoms with van der Waals surface area (Å²) in [5.74, 6) is 0.232. The molecule has 1 saturated carbocycles. The molecular weight excluding hydrogens is 348 g/mol. The molecule has 1 saturated heterocycles. The van der Waals surface area contributed by atoms with Gasteiger partial charge in [-0.3, -0.25) is 14.5 Å². The third-order valence-electron chi connectivity index (χ3n) is 5.49. The van der Waals surface area contributed by atoms with Gasteiger partial charge in [0.05, 0.1) is 7.11 Å². The van der Waals surface area contributed by atoms with Gasteiger partial charge in [0, 0.05) is 5.56 Å². The number of urea groups is 1. The van der Waals surface area contributed by atoms with E-state index >= 15 is 0 Å². The van der Waals surface area contributed by atoms with E-state index in [2.05, 4.69) is 12.2 Å². The second-order valence-corrected chi connectivity index (χ2v) is 7.56. The van der Waals surface area contributed by atoms with E-state index in [4.69, 9.17) is 9.47 Å². The fourth-order valence-corrected chi connectivity index (χ4v) is 3.77. The number of nitrogens with one attached hydrogen (secondary N) is 1. The van der Waals surface area contributed by atoms with Gasteiger partial charge in [0.15, 0.2) is 0 Å². The smallest absolute Gasteiger partial charge is 0.326 e. The first kappa shape index (κ1) is 19.2. The Labute approximate surface area is 159 Å². The van der Waals surface area contributed by atoms with Crippen molar-refractivity contribution in [3.63, 3.8) is 0 Å². The fraction of sp³-hybridized carbons (Fsp3) is 0.550. The zero-order valence-electron chi connectivity index (χ0n) is 16.0. The number of benzene rings is 1. The predicted molar refractivity (Wildman–Crippen MR) is 98.1 cm³/mol.